The molecule has 1 fully saturated rings. The Balaban J connectivity index is 1.51. The number of rotatable bonds is 10. The third kappa shape index (κ3) is 9.10. The lowest BCUT2D eigenvalue weighted by Crippen LogP contribution is -2.59. The molecule has 0 unspecified atom stereocenters. The Labute approximate surface area is 277 Å². The number of amides is 4. The average Bonchev–Trinajstić information content (AvgIpc) is 3.73. The number of carbonyl (C=O) groups excluding carboxylic acids is 4. The number of fused-ring (bicyclic) bond motifs is 1. The highest BCUT2D eigenvalue weighted by atomic mass is 19.1. The molecule has 258 valence electrons. The molecule has 0 saturated carbocycles. The zero-order valence-electron chi connectivity index (χ0n) is 29.1. The monoisotopic (exact) mass is 654 g/mol. The maximum absolute atomic E-state index is 14.2. The lowest BCUT2D eigenvalue weighted by Gasteiger charge is -2.38. The third-order valence-corrected chi connectivity index (χ3v) is 8.88. The Morgan fingerprint density at radius 3 is 2.36 bits per heavy atom. The molecule has 11 nitrogen and oxygen atoms in total. The summed E-state index contributed by atoms with van der Waals surface area (Å²) in [6, 6.07) is 4.23. The van der Waals surface area contributed by atoms with Crippen LogP contribution in [0.25, 0.3) is 0 Å². The van der Waals surface area contributed by atoms with Crippen LogP contribution in [-0.2, 0) is 33.7 Å². The number of benzene rings is 1. The SMILES string of the molecule is C[C@@H](C(=O)N[C@H](C(=O)N1CCC[C@H]1CN(CCc1ccc(F)cc1)C(=O)c1cn2c(n1)CCC2)C(C)(C)C)N(C)C(=O)OC(C)(C)C. The topological polar surface area (TPSA) is 117 Å². The molecule has 1 saturated heterocycles. The van der Waals surface area contributed by atoms with Crippen LogP contribution in [0.15, 0.2) is 30.5 Å². The largest absolute Gasteiger partial charge is 0.444 e. The number of imidazole rings is 1. The summed E-state index contributed by atoms with van der Waals surface area (Å²) in [4.78, 5) is 63.5. The summed E-state index contributed by atoms with van der Waals surface area (Å²) in [6.45, 7) is 14.5. The molecule has 2 aliphatic rings. The van der Waals surface area contributed by atoms with Gasteiger partial charge in [0.2, 0.25) is 11.8 Å². The first kappa shape index (κ1) is 35.9. The second-order valence-corrected chi connectivity index (χ2v) is 14.9. The molecule has 0 bridgehead atoms. The van der Waals surface area contributed by atoms with E-state index in [1.165, 1.54) is 24.1 Å². The van der Waals surface area contributed by atoms with Gasteiger partial charge in [-0.2, -0.15) is 0 Å². The number of carbonyl (C=O) groups is 4. The summed E-state index contributed by atoms with van der Waals surface area (Å²) in [5, 5.41) is 2.92. The van der Waals surface area contributed by atoms with Crippen molar-refractivity contribution in [1.82, 2.24) is 29.6 Å². The van der Waals surface area contributed by atoms with Gasteiger partial charge in [0.15, 0.2) is 0 Å². The van der Waals surface area contributed by atoms with Crippen LogP contribution in [0.3, 0.4) is 0 Å². The van der Waals surface area contributed by atoms with Crippen LogP contribution < -0.4 is 5.32 Å². The Morgan fingerprint density at radius 2 is 1.74 bits per heavy atom. The standard InChI is InChI=1S/C35H51FN6O5/c1-23(39(8)33(46)47-35(5,6)7)30(43)38-29(34(2,3)4)32(45)42-19-9-11-26(42)21-41(20-17-24-13-15-25(36)16-14-24)31(44)27-22-40-18-10-12-28(40)37-27/h13-16,22-23,26,29H,9-12,17-21H2,1-8H3,(H,38,43)/t23-,26-,29+/m0/s1. The van der Waals surface area contributed by atoms with Crippen LogP contribution >= 0.6 is 0 Å². The highest BCUT2D eigenvalue weighted by Gasteiger charge is 2.41. The molecule has 0 radical (unpaired) electrons. The summed E-state index contributed by atoms with van der Waals surface area (Å²) >= 11 is 0. The van der Waals surface area contributed by atoms with Crippen molar-refractivity contribution in [2.45, 2.75) is 111 Å². The van der Waals surface area contributed by atoms with E-state index in [4.69, 9.17) is 4.74 Å². The number of likely N-dealkylation sites (N-methyl/N-ethyl adjacent to an activating group) is 1. The first-order valence-electron chi connectivity index (χ1n) is 16.6. The lowest BCUT2D eigenvalue weighted by molar-refractivity contribution is -0.141. The zero-order valence-corrected chi connectivity index (χ0v) is 29.1. The van der Waals surface area contributed by atoms with Gasteiger partial charge in [0.25, 0.3) is 5.91 Å². The fraction of sp³-hybridized carbons (Fsp3) is 0.629. The van der Waals surface area contributed by atoms with E-state index in [1.54, 1.807) is 49.6 Å². The maximum Gasteiger partial charge on any atom is 0.410 e. The minimum atomic E-state index is -0.881. The van der Waals surface area contributed by atoms with E-state index in [0.29, 0.717) is 38.2 Å². The molecule has 3 heterocycles. The molecule has 0 spiro atoms. The molecule has 1 aromatic heterocycles. The van der Waals surface area contributed by atoms with Gasteiger partial charge >= 0.3 is 6.09 Å². The highest BCUT2D eigenvalue weighted by molar-refractivity contribution is 5.93. The van der Waals surface area contributed by atoms with Crippen molar-refractivity contribution in [3.05, 3.63) is 53.4 Å². The highest BCUT2D eigenvalue weighted by Crippen LogP contribution is 2.27. The minimum Gasteiger partial charge on any atom is -0.444 e. The van der Waals surface area contributed by atoms with E-state index in [-0.39, 0.29) is 23.7 Å². The van der Waals surface area contributed by atoms with Gasteiger partial charge < -0.3 is 24.4 Å². The molecule has 2 aromatic rings. The first-order chi connectivity index (χ1) is 21.9. The van der Waals surface area contributed by atoms with Gasteiger partial charge in [-0.15, -0.1) is 0 Å². The van der Waals surface area contributed by atoms with Crippen molar-refractivity contribution < 1.29 is 28.3 Å². The zero-order chi connectivity index (χ0) is 34.7. The van der Waals surface area contributed by atoms with Crippen LogP contribution in [0.4, 0.5) is 9.18 Å². The first-order valence-corrected chi connectivity index (χ1v) is 16.6. The Bertz CT molecular complexity index is 1420. The number of hydrogen-bond acceptors (Lipinski definition) is 6. The van der Waals surface area contributed by atoms with Crippen molar-refractivity contribution in [2.75, 3.05) is 26.7 Å². The van der Waals surface area contributed by atoms with E-state index < -0.39 is 35.1 Å². The summed E-state index contributed by atoms with van der Waals surface area (Å²) in [7, 11) is 1.50. The summed E-state index contributed by atoms with van der Waals surface area (Å²) in [5.41, 5.74) is -0.0731. The van der Waals surface area contributed by atoms with Gasteiger partial charge in [-0.25, -0.2) is 14.2 Å². The number of hydrogen-bond donors (Lipinski definition) is 1. The van der Waals surface area contributed by atoms with Crippen LogP contribution in [0.1, 0.15) is 89.6 Å². The number of aryl methyl sites for hydroxylation is 2. The number of nitrogens with one attached hydrogen (secondary N) is 1. The molecule has 47 heavy (non-hydrogen) atoms. The molecule has 4 amide bonds. The van der Waals surface area contributed by atoms with Crippen molar-refractivity contribution in [3.8, 4) is 0 Å². The fourth-order valence-electron chi connectivity index (χ4n) is 6.03. The second kappa shape index (κ2) is 14.4. The average molecular weight is 655 g/mol. The number of likely N-dealkylation sites (tertiary alicyclic amines) is 1. The van der Waals surface area contributed by atoms with Crippen LogP contribution in [0.5, 0.6) is 0 Å². The number of nitrogens with zero attached hydrogens (tertiary/aromatic N) is 5. The molecule has 1 aromatic carbocycles. The molecular formula is C35H51FN6O5. The Kier molecular flexibility index (Phi) is 11.0. The van der Waals surface area contributed by atoms with Crippen LogP contribution in [0.2, 0.25) is 0 Å². The Hall–Kier alpha value is -3.96. The van der Waals surface area contributed by atoms with Crippen molar-refractivity contribution in [1.29, 1.82) is 0 Å². The molecule has 1 N–H and O–H groups in total. The predicted octanol–water partition coefficient (Wildman–Crippen LogP) is 4.43. The summed E-state index contributed by atoms with van der Waals surface area (Å²) < 4.78 is 21.0. The van der Waals surface area contributed by atoms with E-state index in [1.807, 2.05) is 31.5 Å². The van der Waals surface area contributed by atoms with Gasteiger partial charge in [-0.3, -0.25) is 19.3 Å². The lowest BCUT2D eigenvalue weighted by atomic mass is 9.85. The molecule has 0 aliphatic carbocycles. The van der Waals surface area contributed by atoms with Crippen molar-refractivity contribution >= 4 is 23.8 Å². The molecule has 12 heteroatoms. The third-order valence-electron chi connectivity index (χ3n) is 8.88. The number of halogens is 1. The van der Waals surface area contributed by atoms with Crippen molar-refractivity contribution in [2.24, 2.45) is 5.41 Å². The molecule has 3 atom stereocenters. The minimum absolute atomic E-state index is 0.201. The van der Waals surface area contributed by atoms with E-state index >= 15 is 0 Å². The quantitative estimate of drug-likeness (QED) is 0.405. The number of aromatic nitrogens is 2. The van der Waals surface area contributed by atoms with Gasteiger partial charge in [0.05, 0.1) is 0 Å². The fourth-order valence-corrected chi connectivity index (χ4v) is 6.03. The van der Waals surface area contributed by atoms with Gasteiger partial charge in [0.1, 0.15) is 35.0 Å². The smallest absolute Gasteiger partial charge is 0.410 e. The van der Waals surface area contributed by atoms with Crippen LogP contribution in [0, 0.1) is 11.2 Å². The van der Waals surface area contributed by atoms with Gasteiger partial charge in [0, 0.05) is 51.9 Å². The van der Waals surface area contributed by atoms with Gasteiger partial charge in [-0.05, 0) is 76.5 Å². The van der Waals surface area contributed by atoms with E-state index in [0.717, 1.165) is 37.2 Å². The molecular weight excluding hydrogens is 603 g/mol. The van der Waals surface area contributed by atoms with Gasteiger partial charge in [-0.1, -0.05) is 32.9 Å². The molecule has 2 aliphatic heterocycles. The number of ether oxygens (including phenoxy) is 1. The van der Waals surface area contributed by atoms with E-state index in [2.05, 4.69) is 10.3 Å². The summed E-state index contributed by atoms with van der Waals surface area (Å²) in [5.74, 6) is -0.313. The van der Waals surface area contributed by atoms with Crippen molar-refractivity contribution in [3.63, 3.8) is 0 Å². The van der Waals surface area contributed by atoms with E-state index in [9.17, 15) is 23.6 Å². The summed E-state index contributed by atoms with van der Waals surface area (Å²) in [6.07, 6.45) is 5.00. The predicted molar refractivity (Wildman–Crippen MR) is 176 cm³/mol. The normalized spacial score (nSPS) is 17.6. The Morgan fingerprint density at radius 1 is 1.06 bits per heavy atom. The maximum atomic E-state index is 14.2. The second-order valence-electron chi connectivity index (χ2n) is 14.9. The van der Waals surface area contributed by atoms with Crippen LogP contribution in [-0.4, -0.2) is 98.5 Å². The molecule has 4 rings (SSSR count).